The van der Waals surface area contributed by atoms with Gasteiger partial charge >= 0.3 is 0 Å². The highest BCUT2D eigenvalue weighted by atomic mass is 79.9. The van der Waals surface area contributed by atoms with E-state index in [1.54, 1.807) is 0 Å². The normalized spacial score (nSPS) is 16.4. The third-order valence-electron chi connectivity index (χ3n) is 3.77. The van der Waals surface area contributed by atoms with Crippen LogP contribution in [0.25, 0.3) is 0 Å². The van der Waals surface area contributed by atoms with Crippen LogP contribution in [0.15, 0.2) is 21.2 Å². The molecule has 1 fully saturated rings. The van der Waals surface area contributed by atoms with Gasteiger partial charge in [-0.05, 0) is 57.8 Å². The smallest absolute Gasteiger partial charge is 0.0684 e. The molecule has 0 aliphatic heterocycles. The van der Waals surface area contributed by atoms with Gasteiger partial charge < -0.3 is 10.2 Å². The van der Waals surface area contributed by atoms with Crippen molar-refractivity contribution < 1.29 is 0 Å². The van der Waals surface area contributed by atoms with E-state index >= 15 is 0 Å². The molecule has 1 aliphatic rings. The van der Waals surface area contributed by atoms with Crippen molar-refractivity contribution in [3.8, 4) is 0 Å². The van der Waals surface area contributed by atoms with Crippen molar-refractivity contribution in [1.29, 1.82) is 0 Å². The maximum atomic E-state index is 4.40. The zero-order chi connectivity index (χ0) is 13.7. The van der Waals surface area contributed by atoms with Gasteiger partial charge in [-0.15, -0.1) is 0 Å². The number of nitrogens with one attached hydrogen (secondary N) is 1. The summed E-state index contributed by atoms with van der Waals surface area (Å²) in [5.41, 5.74) is 1.06. The molecule has 1 aromatic heterocycles. The molecular formula is C14H21Br2N3. The Kier molecular flexibility index (Phi) is 6.26. The molecule has 0 unspecified atom stereocenters. The van der Waals surface area contributed by atoms with Crippen molar-refractivity contribution in [2.45, 2.75) is 38.3 Å². The second-order valence-corrected chi connectivity index (χ2v) is 6.95. The number of hydrogen-bond acceptors (Lipinski definition) is 3. The van der Waals surface area contributed by atoms with Gasteiger partial charge in [-0.1, -0.05) is 12.8 Å². The van der Waals surface area contributed by atoms with Crippen LogP contribution in [0.3, 0.4) is 0 Å². The third kappa shape index (κ3) is 4.81. The van der Waals surface area contributed by atoms with Gasteiger partial charge in [0, 0.05) is 40.8 Å². The molecule has 0 amide bonds. The summed E-state index contributed by atoms with van der Waals surface area (Å²) >= 11 is 6.95. The van der Waals surface area contributed by atoms with Gasteiger partial charge in [-0.25, -0.2) is 0 Å². The minimum atomic E-state index is 0.805. The van der Waals surface area contributed by atoms with Crippen LogP contribution in [-0.4, -0.2) is 36.1 Å². The summed E-state index contributed by atoms with van der Waals surface area (Å²) in [6, 6.07) is 2.84. The van der Waals surface area contributed by atoms with E-state index in [9.17, 15) is 0 Å². The molecule has 0 bridgehead atoms. The average Bonchev–Trinajstić information content (AvgIpc) is 2.90. The first-order valence-electron chi connectivity index (χ1n) is 6.87. The number of nitrogens with zero attached hydrogens (tertiary/aromatic N) is 2. The fourth-order valence-corrected chi connectivity index (χ4v) is 3.69. The van der Waals surface area contributed by atoms with Crippen LogP contribution < -0.4 is 5.32 Å². The molecule has 0 saturated heterocycles. The molecule has 1 heterocycles. The average molecular weight is 391 g/mol. The lowest BCUT2D eigenvalue weighted by molar-refractivity contribution is 0.245. The molecule has 1 aromatic rings. The lowest BCUT2D eigenvalue weighted by Crippen LogP contribution is -2.35. The van der Waals surface area contributed by atoms with Gasteiger partial charge in [0.25, 0.3) is 0 Å². The van der Waals surface area contributed by atoms with Gasteiger partial charge in [-0.2, -0.15) is 0 Å². The van der Waals surface area contributed by atoms with E-state index in [0.717, 1.165) is 40.3 Å². The maximum Gasteiger partial charge on any atom is 0.0684 e. The first-order chi connectivity index (χ1) is 9.16. The van der Waals surface area contributed by atoms with Crippen molar-refractivity contribution in [3.05, 3.63) is 26.9 Å². The Morgan fingerprint density at radius 2 is 2.11 bits per heavy atom. The number of aromatic nitrogens is 1. The molecule has 1 N–H and O–H groups in total. The van der Waals surface area contributed by atoms with Crippen molar-refractivity contribution >= 4 is 31.9 Å². The SMILES string of the molecule is CN(CCNCc1ncc(Br)cc1Br)C1CCCC1. The van der Waals surface area contributed by atoms with Crippen LogP contribution in [0.4, 0.5) is 0 Å². The minimum Gasteiger partial charge on any atom is -0.310 e. The van der Waals surface area contributed by atoms with E-state index in [1.807, 2.05) is 12.3 Å². The molecule has 1 aliphatic carbocycles. The fraction of sp³-hybridized carbons (Fsp3) is 0.643. The van der Waals surface area contributed by atoms with Gasteiger partial charge in [0.1, 0.15) is 0 Å². The van der Waals surface area contributed by atoms with Gasteiger partial charge in [-0.3, -0.25) is 4.98 Å². The fourth-order valence-electron chi connectivity index (χ4n) is 2.56. The lowest BCUT2D eigenvalue weighted by Gasteiger charge is -2.23. The van der Waals surface area contributed by atoms with E-state index in [0.29, 0.717) is 0 Å². The summed E-state index contributed by atoms with van der Waals surface area (Å²) in [5, 5.41) is 3.47. The second kappa shape index (κ2) is 7.72. The second-order valence-electron chi connectivity index (χ2n) is 5.18. The topological polar surface area (TPSA) is 28.2 Å². The van der Waals surface area contributed by atoms with E-state index in [1.165, 1.54) is 25.7 Å². The zero-order valence-corrected chi connectivity index (χ0v) is 14.5. The Balaban J connectivity index is 1.68. The molecular weight excluding hydrogens is 370 g/mol. The number of hydrogen-bond donors (Lipinski definition) is 1. The highest BCUT2D eigenvalue weighted by Gasteiger charge is 2.18. The largest absolute Gasteiger partial charge is 0.310 e. The molecule has 0 radical (unpaired) electrons. The monoisotopic (exact) mass is 389 g/mol. The third-order valence-corrected chi connectivity index (χ3v) is 4.89. The predicted molar refractivity (Wildman–Crippen MR) is 86.2 cm³/mol. The van der Waals surface area contributed by atoms with Gasteiger partial charge in [0.05, 0.1) is 5.69 Å². The van der Waals surface area contributed by atoms with Crippen LogP contribution in [0.5, 0.6) is 0 Å². The van der Waals surface area contributed by atoms with Crippen molar-refractivity contribution in [2.75, 3.05) is 20.1 Å². The Morgan fingerprint density at radius 3 is 2.79 bits per heavy atom. The molecule has 106 valence electrons. The Labute approximate surface area is 132 Å². The van der Waals surface area contributed by atoms with Gasteiger partial charge in [0.2, 0.25) is 0 Å². The summed E-state index contributed by atoms with van der Waals surface area (Å²) in [6.45, 7) is 2.93. The van der Waals surface area contributed by atoms with Crippen LogP contribution in [-0.2, 0) is 6.54 Å². The summed E-state index contributed by atoms with van der Waals surface area (Å²) < 4.78 is 2.06. The standard InChI is InChI=1S/C14H21Br2N3/c1-19(12-4-2-3-5-12)7-6-17-10-14-13(16)8-11(15)9-18-14/h8-9,12,17H,2-7,10H2,1H3. The van der Waals surface area contributed by atoms with Crippen LogP contribution in [0.1, 0.15) is 31.4 Å². The van der Waals surface area contributed by atoms with Crippen molar-refractivity contribution in [3.63, 3.8) is 0 Å². The van der Waals surface area contributed by atoms with Gasteiger partial charge in [0.15, 0.2) is 0 Å². The number of likely N-dealkylation sites (N-methyl/N-ethyl adjacent to an activating group) is 1. The van der Waals surface area contributed by atoms with E-state index in [2.05, 4.69) is 54.1 Å². The molecule has 0 atom stereocenters. The highest BCUT2D eigenvalue weighted by Crippen LogP contribution is 2.22. The Morgan fingerprint density at radius 1 is 1.37 bits per heavy atom. The minimum absolute atomic E-state index is 0.805. The maximum absolute atomic E-state index is 4.40. The Hall–Kier alpha value is 0.0300. The molecule has 19 heavy (non-hydrogen) atoms. The summed E-state index contributed by atoms with van der Waals surface area (Å²) in [5.74, 6) is 0. The first kappa shape index (κ1) is 15.4. The zero-order valence-electron chi connectivity index (χ0n) is 11.3. The molecule has 3 nitrogen and oxygen atoms in total. The van der Waals surface area contributed by atoms with Crippen LogP contribution in [0.2, 0.25) is 0 Å². The predicted octanol–water partition coefficient (Wildman–Crippen LogP) is 3.57. The molecule has 1 saturated carbocycles. The summed E-state index contributed by atoms with van der Waals surface area (Å²) in [4.78, 5) is 6.89. The van der Waals surface area contributed by atoms with E-state index in [4.69, 9.17) is 0 Å². The molecule has 5 heteroatoms. The summed E-state index contributed by atoms with van der Waals surface area (Å²) in [7, 11) is 2.24. The van der Waals surface area contributed by atoms with Crippen molar-refractivity contribution in [2.24, 2.45) is 0 Å². The quantitative estimate of drug-likeness (QED) is 0.752. The van der Waals surface area contributed by atoms with Crippen LogP contribution in [0, 0.1) is 0 Å². The summed E-state index contributed by atoms with van der Waals surface area (Å²) in [6.07, 6.45) is 7.38. The highest BCUT2D eigenvalue weighted by molar-refractivity contribution is 9.11. The molecule has 0 aromatic carbocycles. The van der Waals surface area contributed by atoms with E-state index < -0.39 is 0 Å². The lowest BCUT2D eigenvalue weighted by atomic mass is 10.2. The number of halogens is 2. The van der Waals surface area contributed by atoms with Crippen molar-refractivity contribution in [1.82, 2.24) is 15.2 Å². The first-order valence-corrected chi connectivity index (χ1v) is 8.46. The Bertz CT molecular complexity index is 406. The number of rotatable bonds is 6. The van der Waals surface area contributed by atoms with Crippen LogP contribution >= 0.6 is 31.9 Å². The number of pyridine rings is 1. The molecule has 2 rings (SSSR count). The molecule has 0 spiro atoms. The van der Waals surface area contributed by atoms with E-state index in [-0.39, 0.29) is 0 Å².